The number of ether oxygens (including phenoxy) is 2. The largest absolute Gasteiger partial charge is 0.497 e. The van der Waals surface area contributed by atoms with Gasteiger partial charge in [-0.25, -0.2) is 4.98 Å². The summed E-state index contributed by atoms with van der Waals surface area (Å²) in [6.07, 6.45) is 1.63. The second-order valence-electron chi connectivity index (χ2n) is 5.27. The van der Waals surface area contributed by atoms with E-state index in [1.54, 1.807) is 13.4 Å². The van der Waals surface area contributed by atoms with Crippen LogP contribution in [0.5, 0.6) is 5.75 Å². The highest BCUT2D eigenvalue weighted by molar-refractivity contribution is 5.54. The minimum absolute atomic E-state index is 0.181. The van der Waals surface area contributed by atoms with Gasteiger partial charge in [0, 0.05) is 5.56 Å². The first-order valence-corrected chi connectivity index (χ1v) is 6.21. The molecule has 0 bridgehead atoms. The number of benzene rings is 1. The molecular formula is C15H19NO3. The SMILES string of the molecule is COc1ccc(-c2nc(COC(C)(C)C)co2)cc1. The smallest absolute Gasteiger partial charge is 0.226 e. The molecule has 4 heteroatoms. The van der Waals surface area contributed by atoms with Crippen molar-refractivity contribution >= 4 is 0 Å². The van der Waals surface area contributed by atoms with Gasteiger partial charge in [-0.2, -0.15) is 0 Å². The molecule has 0 atom stereocenters. The van der Waals surface area contributed by atoms with E-state index in [1.807, 2.05) is 45.0 Å². The van der Waals surface area contributed by atoms with E-state index in [9.17, 15) is 0 Å². The molecule has 0 aliphatic rings. The molecule has 102 valence electrons. The van der Waals surface area contributed by atoms with Crippen molar-refractivity contribution in [3.05, 3.63) is 36.2 Å². The number of nitrogens with zero attached hydrogens (tertiary/aromatic N) is 1. The molecule has 0 amide bonds. The Labute approximate surface area is 113 Å². The summed E-state index contributed by atoms with van der Waals surface area (Å²) in [4.78, 5) is 4.41. The summed E-state index contributed by atoms with van der Waals surface area (Å²) in [6.45, 7) is 6.48. The Morgan fingerprint density at radius 1 is 1.16 bits per heavy atom. The van der Waals surface area contributed by atoms with Crippen LogP contribution >= 0.6 is 0 Å². The fraction of sp³-hybridized carbons (Fsp3) is 0.400. The monoisotopic (exact) mass is 261 g/mol. The van der Waals surface area contributed by atoms with Gasteiger partial charge in [0.15, 0.2) is 0 Å². The van der Waals surface area contributed by atoms with Crippen molar-refractivity contribution in [2.24, 2.45) is 0 Å². The maximum Gasteiger partial charge on any atom is 0.226 e. The molecule has 0 unspecified atom stereocenters. The van der Waals surface area contributed by atoms with E-state index >= 15 is 0 Å². The van der Waals surface area contributed by atoms with Gasteiger partial charge in [0.05, 0.1) is 19.3 Å². The second-order valence-corrected chi connectivity index (χ2v) is 5.27. The van der Waals surface area contributed by atoms with Gasteiger partial charge >= 0.3 is 0 Å². The number of oxazole rings is 1. The van der Waals surface area contributed by atoms with E-state index in [-0.39, 0.29) is 5.60 Å². The van der Waals surface area contributed by atoms with Crippen LogP contribution in [0.1, 0.15) is 26.5 Å². The molecule has 2 aromatic rings. The summed E-state index contributed by atoms with van der Waals surface area (Å²) >= 11 is 0. The standard InChI is InChI=1S/C15H19NO3/c1-15(2,3)19-10-12-9-18-14(16-12)11-5-7-13(17-4)8-6-11/h5-9H,10H2,1-4H3. The van der Waals surface area contributed by atoms with Crippen molar-refractivity contribution in [1.29, 1.82) is 0 Å². The van der Waals surface area contributed by atoms with Crippen LogP contribution in [-0.2, 0) is 11.3 Å². The van der Waals surface area contributed by atoms with Crippen molar-refractivity contribution < 1.29 is 13.9 Å². The van der Waals surface area contributed by atoms with Crippen molar-refractivity contribution in [3.8, 4) is 17.2 Å². The van der Waals surface area contributed by atoms with Gasteiger partial charge in [-0.1, -0.05) is 0 Å². The molecule has 1 aromatic heterocycles. The van der Waals surface area contributed by atoms with E-state index in [0.717, 1.165) is 17.0 Å². The van der Waals surface area contributed by atoms with Gasteiger partial charge in [0.25, 0.3) is 0 Å². The fourth-order valence-corrected chi connectivity index (χ4v) is 1.53. The highest BCUT2D eigenvalue weighted by Crippen LogP contribution is 2.22. The van der Waals surface area contributed by atoms with Crippen molar-refractivity contribution in [2.45, 2.75) is 33.0 Å². The summed E-state index contributed by atoms with van der Waals surface area (Å²) in [7, 11) is 1.64. The predicted molar refractivity (Wildman–Crippen MR) is 73.0 cm³/mol. The maximum atomic E-state index is 5.66. The number of methoxy groups -OCH3 is 1. The lowest BCUT2D eigenvalue weighted by molar-refractivity contribution is -0.0164. The zero-order valence-corrected chi connectivity index (χ0v) is 11.8. The van der Waals surface area contributed by atoms with Crippen LogP contribution in [0.2, 0.25) is 0 Å². The predicted octanol–water partition coefficient (Wildman–Crippen LogP) is 3.67. The third kappa shape index (κ3) is 3.83. The van der Waals surface area contributed by atoms with Crippen LogP contribution in [0.3, 0.4) is 0 Å². The van der Waals surface area contributed by atoms with Crippen molar-refractivity contribution in [1.82, 2.24) is 4.98 Å². The zero-order chi connectivity index (χ0) is 13.9. The molecule has 0 aliphatic heterocycles. The molecule has 0 spiro atoms. The lowest BCUT2D eigenvalue weighted by Crippen LogP contribution is -2.18. The quantitative estimate of drug-likeness (QED) is 0.842. The molecule has 0 saturated heterocycles. The molecule has 0 N–H and O–H groups in total. The average Bonchev–Trinajstić information content (AvgIpc) is 2.84. The first-order chi connectivity index (χ1) is 8.98. The van der Waals surface area contributed by atoms with Crippen LogP contribution in [-0.4, -0.2) is 17.7 Å². The third-order valence-electron chi connectivity index (χ3n) is 2.54. The normalized spacial score (nSPS) is 11.6. The Kier molecular flexibility index (Phi) is 3.90. The maximum absolute atomic E-state index is 5.66. The molecule has 0 aliphatic carbocycles. The Morgan fingerprint density at radius 3 is 2.42 bits per heavy atom. The molecule has 0 fully saturated rings. The first-order valence-electron chi connectivity index (χ1n) is 6.21. The topological polar surface area (TPSA) is 44.5 Å². The zero-order valence-electron chi connectivity index (χ0n) is 11.8. The number of rotatable bonds is 4. The van der Waals surface area contributed by atoms with Gasteiger partial charge in [0.2, 0.25) is 5.89 Å². The molecule has 1 aromatic carbocycles. The third-order valence-corrected chi connectivity index (χ3v) is 2.54. The van der Waals surface area contributed by atoms with Crippen LogP contribution in [0, 0.1) is 0 Å². The van der Waals surface area contributed by atoms with Crippen LogP contribution in [0.15, 0.2) is 34.9 Å². The van der Waals surface area contributed by atoms with E-state index in [2.05, 4.69) is 4.98 Å². The Hall–Kier alpha value is -1.81. The highest BCUT2D eigenvalue weighted by Gasteiger charge is 2.13. The van der Waals surface area contributed by atoms with E-state index in [1.165, 1.54) is 0 Å². The second kappa shape index (κ2) is 5.45. The molecule has 4 nitrogen and oxygen atoms in total. The molecule has 1 heterocycles. The van der Waals surface area contributed by atoms with E-state index in [0.29, 0.717) is 12.5 Å². The number of hydrogen-bond donors (Lipinski definition) is 0. The first kappa shape index (κ1) is 13.6. The Bertz CT molecular complexity index is 523. The minimum Gasteiger partial charge on any atom is -0.497 e. The number of hydrogen-bond acceptors (Lipinski definition) is 4. The van der Waals surface area contributed by atoms with E-state index < -0.39 is 0 Å². The Morgan fingerprint density at radius 2 is 1.84 bits per heavy atom. The van der Waals surface area contributed by atoms with Crippen molar-refractivity contribution in [3.63, 3.8) is 0 Å². The number of aromatic nitrogens is 1. The van der Waals surface area contributed by atoms with Crippen molar-refractivity contribution in [2.75, 3.05) is 7.11 Å². The lowest BCUT2D eigenvalue weighted by Gasteiger charge is -2.18. The van der Waals surface area contributed by atoms with Gasteiger partial charge in [-0.05, 0) is 45.0 Å². The van der Waals surface area contributed by atoms with Gasteiger partial charge in [0.1, 0.15) is 17.7 Å². The van der Waals surface area contributed by atoms with Crippen LogP contribution in [0.25, 0.3) is 11.5 Å². The van der Waals surface area contributed by atoms with Crippen LogP contribution in [0.4, 0.5) is 0 Å². The molecule has 2 rings (SSSR count). The Balaban J connectivity index is 2.07. The summed E-state index contributed by atoms with van der Waals surface area (Å²) in [6, 6.07) is 7.59. The fourth-order valence-electron chi connectivity index (χ4n) is 1.53. The highest BCUT2D eigenvalue weighted by atomic mass is 16.5. The summed E-state index contributed by atoms with van der Waals surface area (Å²) < 4.78 is 16.2. The molecule has 19 heavy (non-hydrogen) atoms. The van der Waals surface area contributed by atoms with Gasteiger partial charge in [-0.3, -0.25) is 0 Å². The lowest BCUT2D eigenvalue weighted by atomic mass is 10.2. The van der Waals surface area contributed by atoms with Crippen LogP contribution < -0.4 is 4.74 Å². The van der Waals surface area contributed by atoms with Gasteiger partial charge in [-0.15, -0.1) is 0 Å². The summed E-state index contributed by atoms with van der Waals surface area (Å²) in [5.74, 6) is 1.40. The molecular weight excluding hydrogens is 242 g/mol. The summed E-state index contributed by atoms with van der Waals surface area (Å²) in [5.41, 5.74) is 1.53. The van der Waals surface area contributed by atoms with Gasteiger partial charge < -0.3 is 13.9 Å². The minimum atomic E-state index is -0.181. The average molecular weight is 261 g/mol. The molecule has 0 saturated carbocycles. The summed E-state index contributed by atoms with van der Waals surface area (Å²) in [5, 5.41) is 0. The molecule has 0 radical (unpaired) electrons. The van der Waals surface area contributed by atoms with E-state index in [4.69, 9.17) is 13.9 Å².